The van der Waals surface area contributed by atoms with Gasteiger partial charge < -0.3 is 9.64 Å². The summed E-state index contributed by atoms with van der Waals surface area (Å²) in [4.78, 5) is 51.2. The second-order valence-corrected chi connectivity index (χ2v) is 8.95. The first-order valence-corrected chi connectivity index (χ1v) is 11.7. The first-order chi connectivity index (χ1) is 15.5. The minimum absolute atomic E-state index is 0.105. The second-order valence-electron chi connectivity index (χ2n) is 8.95. The molecule has 7 heteroatoms. The molecule has 1 aromatic rings. The van der Waals surface area contributed by atoms with E-state index in [-0.39, 0.29) is 29.9 Å². The van der Waals surface area contributed by atoms with Gasteiger partial charge in [-0.3, -0.25) is 19.3 Å². The van der Waals surface area contributed by atoms with Crippen LogP contribution in [0.15, 0.2) is 12.1 Å². The van der Waals surface area contributed by atoms with Crippen molar-refractivity contribution in [3.05, 3.63) is 34.4 Å². The lowest BCUT2D eigenvalue weighted by Gasteiger charge is -2.27. The third kappa shape index (κ3) is 11.9. The van der Waals surface area contributed by atoms with E-state index >= 15 is 0 Å². The van der Waals surface area contributed by atoms with Crippen LogP contribution in [-0.4, -0.2) is 79.0 Å². The van der Waals surface area contributed by atoms with Crippen molar-refractivity contribution >= 4 is 23.3 Å². The molecule has 0 unspecified atom stereocenters. The molecule has 0 fully saturated rings. The van der Waals surface area contributed by atoms with Gasteiger partial charge in [-0.25, -0.2) is 4.79 Å². The number of nitrogens with zero attached hydrogens (tertiary/aromatic N) is 2. The Labute approximate surface area is 198 Å². The average molecular weight is 461 g/mol. The first-order valence-electron chi connectivity index (χ1n) is 11.7. The number of hydrogen-bond donors (Lipinski definition) is 0. The van der Waals surface area contributed by atoms with Crippen LogP contribution < -0.4 is 0 Å². The van der Waals surface area contributed by atoms with Crippen LogP contribution in [0.4, 0.5) is 0 Å². The molecule has 33 heavy (non-hydrogen) atoms. The van der Waals surface area contributed by atoms with Crippen molar-refractivity contribution in [3.63, 3.8) is 0 Å². The Kier molecular flexibility index (Phi) is 12.8. The number of benzene rings is 1. The van der Waals surface area contributed by atoms with Gasteiger partial charge >= 0.3 is 5.97 Å². The summed E-state index contributed by atoms with van der Waals surface area (Å²) in [6, 6.07) is 3.94. The van der Waals surface area contributed by atoms with Gasteiger partial charge in [0, 0.05) is 58.5 Å². The molecule has 0 N–H and O–H groups in total. The Balaban J connectivity index is 2.70. The van der Waals surface area contributed by atoms with Crippen LogP contribution in [-0.2, 0) is 19.1 Å². The number of carbonyl (C=O) groups is 4. The lowest BCUT2D eigenvalue weighted by molar-refractivity contribution is -0.118. The standard InChI is InChI=1S/C26H40N2O5/c1-19-17-20(2)25(21(3)18-19)26(32)33-16-15-28(12-9-24(6)31)14-13-27(10-7-22(4)29)11-8-23(5)30/h17-18H,7-16H2,1-6H3. The number of Topliss-reactive ketones (excluding diaryl/α,β-unsaturated/α-hetero) is 3. The molecule has 0 bridgehead atoms. The molecule has 0 saturated heterocycles. The van der Waals surface area contributed by atoms with E-state index in [2.05, 4.69) is 9.80 Å². The van der Waals surface area contributed by atoms with Gasteiger partial charge in [-0.05, 0) is 52.7 Å². The summed E-state index contributed by atoms with van der Waals surface area (Å²) < 4.78 is 5.56. The van der Waals surface area contributed by atoms with Gasteiger partial charge in [-0.1, -0.05) is 17.7 Å². The average Bonchev–Trinajstić information content (AvgIpc) is 2.69. The summed E-state index contributed by atoms with van der Waals surface area (Å²) >= 11 is 0. The SMILES string of the molecule is CC(=O)CCN(CCOC(=O)c1c(C)cc(C)cc1C)CCN(CCC(C)=O)CCC(C)=O. The summed E-state index contributed by atoms with van der Waals surface area (Å²) in [6.07, 6.45) is 1.31. The van der Waals surface area contributed by atoms with Crippen molar-refractivity contribution in [1.82, 2.24) is 9.80 Å². The third-order valence-corrected chi connectivity index (χ3v) is 5.59. The number of aryl methyl sites for hydroxylation is 3. The minimum Gasteiger partial charge on any atom is -0.461 e. The van der Waals surface area contributed by atoms with Crippen LogP contribution in [0.25, 0.3) is 0 Å². The zero-order chi connectivity index (χ0) is 25.0. The normalized spacial score (nSPS) is 11.2. The van der Waals surface area contributed by atoms with E-state index in [0.717, 1.165) is 16.7 Å². The van der Waals surface area contributed by atoms with E-state index in [4.69, 9.17) is 4.74 Å². The molecule has 0 atom stereocenters. The maximum absolute atomic E-state index is 12.6. The summed E-state index contributed by atoms with van der Waals surface area (Å²) in [5.74, 6) is 0.00343. The Morgan fingerprint density at radius 1 is 0.667 bits per heavy atom. The number of ether oxygens (including phenoxy) is 1. The van der Waals surface area contributed by atoms with E-state index in [9.17, 15) is 19.2 Å². The van der Waals surface area contributed by atoms with Gasteiger partial charge in [0.05, 0.1) is 5.56 Å². The third-order valence-electron chi connectivity index (χ3n) is 5.59. The van der Waals surface area contributed by atoms with E-state index in [1.807, 2.05) is 32.9 Å². The molecule has 1 aromatic carbocycles. The summed E-state index contributed by atoms with van der Waals surface area (Å²) in [5, 5.41) is 0. The highest BCUT2D eigenvalue weighted by molar-refractivity contribution is 5.92. The Morgan fingerprint density at radius 3 is 1.45 bits per heavy atom. The van der Waals surface area contributed by atoms with Gasteiger partial charge in [0.1, 0.15) is 24.0 Å². The van der Waals surface area contributed by atoms with Gasteiger partial charge in [0.25, 0.3) is 0 Å². The molecule has 184 valence electrons. The smallest absolute Gasteiger partial charge is 0.338 e. The van der Waals surface area contributed by atoms with Crippen LogP contribution in [0, 0.1) is 20.8 Å². The van der Waals surface area contributed by atoms with Gasteiger partial charge in [-0.2, -0.15) is 0 Å². The predicted octanol–water partition coefficient (Wildman–Crippen LogP) is 3.31. The Bertz CT molecular complexity index is 793. The molecule has 0 saturated carbocycles. The number of esters is 1. The Hall–Kier alpha value is -2.38. The lowest BCUT2D eigenvalue weighted by atomic mass is 10.00. The molecule has 0 aliphatic rings. The van der Waals surface area contributed by atoms with E-state index in [1.165, 1.54) is 0 Å². The van der Waals surface area contributed by atoms with Crippen molar-refractivity contribution in [3.8, 4) is 0 Å². The number of ketones is 3. The quantitative estimate of drug-likeness (QED) is 0.350. The van der Waals surface area contributed by atoms with Crippen molar-refractivity contribution in [2.24, 2.45) is 0 Å². The lowest BCUT2D eigenvalue weighted by Crippen LogP contribution is -2.39. The fraction of sp³-hybridized carbons (Fsp3) is 0.615. The molecule has 0 aliphatic carbocycles. The molecule has 0 spiro atoms. The van der Waals surface area contributed by atoms with Crippen LogP contribution in [0.2, 0.25) is 0 Å². The first kappa shape index (κ1) is 28.7. The second kappa shape index (κ2) is 14.7. The Morgan fingerprint density at radius 2 is 1.06 bits per heavy atom. The summed E-state index contributed by atoms with van der Waals surface area (Å²) in [5.41, 5.74) is 3.52. The maximum Gasteiger partial charge on any atom is 0.338 e. The molecule has 7 nitrogen and oxygen atoms in total. The van der Waals surface area contributed by atoms with Crippen molar-refractivity contribution in [1.29, 1.82) is 0 Å². The molecule has 0 amide bonds. The summed E-state index contributed by atoms with van der Waals surface area (Å²) in [6.45, 7) is 14.3. The van der Waals surface area contributed by atoms with E-state index in [0.29, 0.717) is 64.1 Å². The van der Waals surface area contributed by atoms with Crippen LogP contribution in [0.5, 0.6) is 0 Å². The maximum atomic E-state index is 12.6. The fourth-order valence-electron chi connectivity index (χ4n) is 3.74. The van der Waals surface area contributed by atoms with Crippen LogP contribution in [0.1, 0.15) is 67.1 Å². The topological polar surface area (TPSA) is 84.0 Å². The highest BCUT2D eigenvalue weighted by Crippen LogP contribution is 2.17. The molecule has 0 aromatic heterocycles. The predicted molar refractivity (Wildman–Crippen MR) is 130 cm³/mol. The van der Waals surface area contributed by atoms with E-state index < -0.39 is 0 Å². The van der Waals surface area contributed by atoms with Gasteiger partial charge in [0.2, 0.25) is 0 Å². The zero-order valence-electron chi connectivity index (χ0n) is 21.2. The number of hydrogen-bond acceptors (Lipinski definition) is 7. The highest BCUT2D eigenvalue weighted by atomic mass is 16.5. The molecule has 1 rings (SSSR count). The molecular weight excluding hydrogens is 420 g/mol. The van der Waals surface area contributed by atoms with Crippen molar-refractivity contribution in [2.75, 3.05) is 45.9 Å². The van der Waals surface area contributed by atoms with E-state index in [1.54, 1.807) is 20.8 Å². The number of rotatable bonds is 16. The van der Waals surface area contributed by atoms with Crippen molar-refractivity contribution in [2.45, 2.75) is 60.8 Å². The largest absolute Gasteiger partial charge is 0.461 e. The monoisotopic (exact) mass is 460 g/mol. The fourth-order valence-corrected chi connectivity index (χ4v) is 3.74. The molecule has 0 radical (unpaired) electrons. The van der Waals surface area contributed by atoms with Gasteiger partial charge in [-0.15, -0.1) is 0 Å². The van der Waals surface area contributed by atoms with Gasteiger partial charge in [0.15, 0.2) is 0 Å². The minimum atomic E-state index is -0.332. The molecular formula is C26H40N2O5. The molecule has 0 heterocycles. The molecule has 0 aliphatic heterocycles. The number of carbonyl (C=O) groups excluding carboxylic acids is 4. The van der Waals surface area contributed by atoms with Crippen LogP contribution >= 0.6 is 0 Å². The van der Waals surface area contributed by atoms with Crippen LogP contribution in [0.3, 0.4) is 0 Å². The summed E-state index contributed by atoms with van der Waals surface area (Å²) in [7, 11) is 0. The zero-order valence-corrected chi connectivity index (χ0v) is 21.2. The highest BCUT2D eigenvalue weighted by Gasteiger charge is 2.16. The van der Waals surface area contributed by atoms with Crippen molar-refractivity contribution < 1.29 is 23.9 Å².